The van der Waals surface area contributed by atoms with Crippen LogP contribution in [-0.2, 0) is 15.0 Å². The molecule has 0 spiro atoms. The molecule has 0 N–H and O–H groups in total. The summed E-state index contributed by atoms with van der Waals surface area (Å²) < 4.78 is 18.5. The summed E-state index contributed by atoms with van der Waals surface area (Å²) in [6, 6.07) is 17.0. The lowest BCUT2D eigenvalue weighted by molar-refractivity contribution is 0.126. The van der Waals surface area contributed by atoms with Gasteiger partial charge in [-0.2, -0.15) is 0 Å². The molecule has 0 heterocycles. The topological polar surface area (TPSA) is 26.3 Å². The van der Waals surface area contributed by atoms with E-state index in [9.17, 15) is 4.21 Å². The third-order valence-corrected chi connectivity index (χ3v) is 4.07. The summed E-state index contributed by atoms with van der Waals surface area (Å²) in [5.74, 6) is 0.694. The van der Waals surface area contributed by atoms with Crippen molar-refractivity contribution >= 4 is 10.8 Å². The molecule has 0 aliphatic heterocycles. The highest BCUT2D eigenvalue weighted by molar-refractivity contribution is 7.85. The molecule has 0 radical (unpaired) electrons. The monoisotopic (exact) mass is 275 g/mol. The van der Waals surface area contributed by atoms with Gasteiger partial charge in [-0.25, -0.2) is 0 Å². The van der Waals surface area contributed by atoms with Crippen LogP contribution >= 0.6 is 0 Å². The summed E-state index contributed by atoms with van der Waals surface area (Å²) in [5, 5.41) is 0. The maximum atomic E-state index is 12.6. The van der Waals surface area contributed by atoms with Crippen LogP contribution in [0, 0.1) is 0 Å². The van der Waals surface area contributed by atoms with E-state index in [1.807, 2.05) is 75.4 Å². The van der Waals surface area contributed by atoms with E-state index < -0.39 is 10.8 Å². The van der Waals surface area contributed by atoms with E-state index in [4.69, 9.17) is 4.74 Å². The van der Waals surface area contributed by atoms with E-state index in [1.165, 1.54) is 0 Å². The van der Waals surface area contributed by atoms with Crippen LogP contribution in [0.4, 0.5) is 0 Å². The predicted octanol–water partition coefficient (Wildman–Crippen LogP) is 3.98. The van der Waals surface area contributed by atoms with Crippen molar-refractivity contribution in [3.63, 3.8) is 0 Å². The van der Waals surface area contributed by atoms with Crippen LogP contribution in [-0.4, -0.2) is 5.60 Å². The van der Waals surface area contributed by atoms with Gasteiger partial charge < -0.3 is 4.74 Å². The first-order valence-corrected chi connectivity index (χ1v) is 7.54. The standard InChI is InChI=1S/C16H18O2S/c1-16(2,3)18-14-11-7-8-12-15(14)19(17)13-9-5-4-6-10-13/h4-12H,1-3H3/p+1. The quantitative estimate of drug-likeness (QED) is 0.625. The maximum Gasteiger partial charge on any atom is 0.203 e. The van der Waals surface area contributed by atoms with Gasteiger partial charge in [-0.05, 0) is 45.0 Å². The zero-order chi connectivity index (χ0) is 13.9. The highest BCUT2D eigenvalue weighted by Crippen LogP contribution is 2.28. The fraction of sp³-hybridized carbons (Fsp3) is 0.250. The number of rotatable bonds is 3. The lowest BCUT2D eigenvalue weighted by atomic mass is 10.2. The van der Waals surface area contributed by atoms with Crippen molar-refractivity contribution in [2.24, 2.45) is 0 Å². The minimum Gasteiger partial charge on any atom is -0.483 e. The van der Waals surface area contributed by atoms with Crippen molar-refractivity contribution in [3.05, 3.63) is 54.6 Å². The molecule has 0 aliphatic rings. The summed E-state index contributed by atoms with van der Waals surface area (Å²) in [6.07, 6.45) is 0. The van der Waals surface area contributed by atoms with E-state index in [0.717, 1.165) is 9.79 Å². The Hall–Kier alpha value is -1.61. The Labute approximate surface area is 116 Å². The van der Waals surface area contributed by atoms with Gasteiger partial charge in [0.05, 0.1) is 0 Å². The average Bonchev–Trinajstić information content (AvgIpc) is 2.38. The van der Waals surface area contributed by atoms with Crippen LogP contribution in [0.1, 0.15) is 20.8 Å². The molecular weight excluding hydrogens is 256 g/mol. The molecule has 2 aromatic rings. The first-order chi connectivity index (χ1) is 8.97. The second-order valence-electron chi connectivity index (χ2n) is 5.31. The molecule has 2 rings (SSSR count). The fourth-order valence-electron chi connectivity index (χ4n) is 1.74. The van der Waals surface area contributed by atoms with Gasteiger partial charge in [0.2, 0.25) is 4.90 Å². The predicted molar refractivity (Wildman–Crippen MR) is 79.2 cm³/mol. The highest BCUT2D eigenvalue weighted by Gasteiger charge is 2.22. The molecule has 19 heavy (non-hydrogen) atoms. The minimum atomic E-state index is -1.62. The Morgan fingerprint density at radius 2 is 1.47 bits per heavy atom. The van der Waals surface area contributed by atoms with Gasteiger partial charge in [-0.15, -0.1) is 0 Å². The molecule has 0 bridgehead atoms. The molecule has 1 atom stereocenters. The molecule has 0 saturated carbocycles. The number of benzene rings is 2. The normalized spacial score (nSPS) is 13.0. The molecule has 2 aromatic carbocycles. The molecule has 2 nitrogen and oxygen atoms in total. The summed E-state index contributed by atoms with van der Waals surface area (Å²) in [6.45, 7) is 5.96. The van der Waals surface area contributed by atoms with Crippen LogP contribution in [0.2, 0.25) is 0 Å². The van der Waals surface area contributed by atoms with Crippen molar-refractivity contribution in [2.45, 2.75) is 36.2 Å². The zero-order valence-electron chi connectivity index (χ0n) is 11.5. The first kappa shape index (κ1) is 13.8. The third-order valence-electron chi connectivity index (χ3n) is 2.49. The third kappa shape index (κ3) is 3.67. The largest absolute Gasteiger partial charge is 0.483 e. The maximum absolute atomic E-state index is 12.6. The molecule has 100 valence electrons. The number of ether oxygens (including phenoxy) is 1. The van der Waals surface area contributed by atoms with Crippen LogP contribution < -0.4 is 4.74 Å². The summed E-state index contributed by atoms with van der Waals surface area (Å²) >= 11 is 0. The minimum absolute atomic E-state index is 0.303. The summed E-state index contributed by atoms with van der Waals surface area (Å²) in [5.41, 5.74) is -0.303. The van der Waals surface area contributed by atoms with Crippen LogP contribution in [0.5, 0.6) is 5.75 Å². The molecule has 0 saturated heterocycles. The van der Waals surface area contributed by atoms with E-state index in [-0.39, 0.29) is 5.60 Å². The Morgan fingerprint density at radius 1 is 0.895 bits per heavy atom. The van der Waals surface area contributed by atoms with E-state index in [0.29, 0.717) is 5.75 Å². The van der Waals surface area contributed by atoms with Crippen molar-refractivity contribution in [2.75, 3.05) is 0 Å². The van der Waals surface area contributed by atoms with E-state index >= 15 is 0 Å². The van der Waals surface area contributed by atoms with Gasteiger partial charge >= 0.3 is 0 Å². The van der Waals surface area contributed by atoms with Crippen molar-refractivity contribution in [3.8, 4) is 5.75 Å². The SMILES string of the molecule is CC(C)(C)Oc1ccccc1[SH+](=O)c1ccccc1. The second-order valence-corrected chi connectivity index (χ2v) is 6.90. The van der Waals surface area contributed by atoms with Gasteiger partial charge in [0.15, 0.2) is 10.6 Å². The van der Waals surface area contributed by atoms with Crippen LogP contribution in [0.15, 0.2) is 64.4 Å². The molecule has 1 unspecified atom stereocenters. The molecule has 0 amide bonds. The number of hydrogen-bond acceptors (Lipinski definition) is 2. The zero-order valence-corrected chi connectivity index (χ0v) is 12.4. The van der Waals surface area contributed by atoms with Crippen molar-refractivity contribution in [1.29, 1.82) is 0 Å². The van der Waals surface area contributed by atoms with E-state index in [2.05, 4.69) is 0 Å². The first-order valence-electron chi connectivity index (χ1n) is 6.28. The Bertz CT molecular complexity index is 571. The van der Waals surface area contributed by atoms with Crippen LogP contribution in [0.25, 0.3) is 0 Å². The van der Waals surface area contributed by atoms with E-state index in [1.54, 1.807) is 0 Å². The lowest BCUT2D eigenvalue weighted by Crippen LogP contribution is -2.23. The Balaban J connectivity index is 2.38. The summed E-state index contributed by atoms with van der Waals surface area (Å²) in [4.78, 5) is 1.57. The Morgan fingerprint density at radius 3 is 2.11 bits per heavy atom. The molecular formula is C16H19O2S+. The van der Waals surface area contributed by atoms with Gasteiger partial charge in [0, 0.05) is 0 Å². The smallest absolute Gasteiger partial charge is 0.203 e. The second kappa shape index (κ2) is 5.57. The lowest BCUT2D eigenvalue weighted by Gasteiger charge is -2.21. The number of para-hydroxylation sites is 1. The van der Waals surface area contributed by atoms with Gasteiger partial charge in [0.25, 0.3) is 0 Å². The number of thiol groups is 1. The van der Waals surface area contributed by atoms with Gasteiger partial charge in [-0.3, -0.25) is 0 Å². The molecule has 0 fully saturated rings. The van der Waals surface area contributed by atoms with Gasteiger partial charge in [0.1, 0.15) is 16.4 Å². The molecule has 0 aliphatic carbocycles. The molecule has 3 heteroatoms. The van der Waals surface area contributed by atoms with Crippen LogP contribution in [0.3, 0.4) is 0 Å². The van der Waals surface area contributed by atoms with Crippen molar-refractivity contribution in [1.82, 2.24) is 0 Å². The molecule has 0 aromatic heterocycles. The average molecular weight is 275 g/mol. The fourth-order valence-corrected chi connectivity index (χ4v) is 3.01. The summed E-state index contributed by atoms with van der Waals surface area (Å²) in [7, 11) is -1.62. The highest BCUT2D eigenvalue weighted by atomic mass is 32.2. The van der Waals surface area contributed by atoms with Gasteiger partial charge in [-0.1, -0.05) is 34.5 Å². The Kier molecular flexibility index (Phi) is 4.05. The van der Waals surface area contributed by atoms with Crippen molar-refractivity contribution < 1.29 is 8.95 Å². The number of hydrogen-bond donors (Lipinski definition) is 0.